The Hall–Kier alpha value is -2.43. The van der Waals surface area contributed by atoms with Crippen LogP contribution in [0.4, 0.5) is 0 Å². The van der Waals surface area contributed by atoms with Crippen LogP contribution in [0.5, 0.6) is 0 Å². The fourth-order valence-corrected chi connectivity index (χ4v) is 1.31. The Kier molecular flexibility index (Phi) is 6.02. The molecule has 0 aliphatic carbocycles. The normalized spacial score (nSPS) is 12.1. The Morgan fingerprint density at radius 2 is 2.16 bits per heavy atom. The number of pyridine rings is 1. The van der Waals surface area contributed by atoms with E-state index >= 15 is 0 Å². The first-order valence-electron chi connectivity index (χ1n) is 5.91. The highest BCUT2D eigenvalue weighted by atomic mass is 16.1. The lowest BCUT2D eigenvalue weighted by molar-refractivity contribution is -0.117. The molecule has 3 N–H and O–H groups in total. The molecule has 1 aromatic heterocycles. The molecule has 0 aliphatic rings. The first kappa shape index (κ1) is 14.6. The smallest absolute Gasteiger partial charge is 0.267 e. The summed E-state index contributed by atoms with van der Waals surface area (Å²) >= 11 is 0. The molecule has 100 valence electrons. The van der Waals surface area contributed by atoms with Gasteiger partial charge in [0.05, 0.1) is 5.70 Å². The molecule has 5 heteroatoms. The Labute approximate surface area is 113 Å². The van der Waals surface area contributed by atoms with Crippen LogP contribution in [0.2, 0.25) is 0 Å². The zero-order chi connectivity index (χ0) is 14.1. The van der Waals surface area contributed by atoms with Gasteiger partial charge in [0.1, 0.15) is 0 Å². The number of carbonyl (C=O) groups excluding carboxylic acids is 1. The molecule has 1 amide bonds. The summed E-state index contributed by atoms with van der Waals surface area (Å²) in [6.45, 7) is 5.68. The molecule has 0 saturated carbocycles. The molecule has 0 fully saturated rings. The fraction of sp³-hybridized carbons (Fsp3) is 0.214. The van der Waals surface area contributed by atoms with Crippen molar-refractivity contribution in [2.24, 2.45) is 10.7 Å². The summed E-state index contributed by atoms with van der Waals surface area (Å²) in [4.78, 5) is 19.3. The lowest BCUT2D eigenvalue weighted by atomic mass is 10.2. The highest BCUT2D eigenvalue weighted by molar-refractivity contribution is 5.92. The van der Waals surface area contributed by atoms with Gasteiger partial charge in [-0.3, -0.25) is 14.8 Å². The van der Waals surface area contributed by atoms with Crippen molar-refractivity contribution in [3.05, 3.63) is 53.6 Å². The molecule has 1 aromatic rings. The largest absolute Gasteiger partial charge is 0.394 e. The number of rotatable bonds is 6. The molecule has 0 unspecified atom stereocenters. The summed E-state index contributed by atoms with van der Waals surface area (Å²) < 4.78 is 0. The molecule has 1 rings (SSSR count). The topological polar surface area (TPSA) is 80.4 Å². The van der Waals surface area contributed by atoms with E-state index in [-0.39, 0.29) is 11.6 Å². The number of hydrogen-bond donors (Lipinski definition) is 2. The van der Waals surface area contributed by atoms with E-state index in [0.717, 1.165) is 12.0 Å². The van der Waals surface area contributed by atoms with Gasteiger partial charge in [-0.2, -0.15) is 0 Å². The number of aromatic nitrogens is 1. The van der Waals surface area contributed by atoms with Crippen LogP contribution >= 0.6 is 0 Å². The third-order valence-corrected chi connectivity index (χ3v) is 2.46. The summed E-state index contributed by atoms with van der Waals surface area (Å²) in [5, 5.41) is 2.74. The van der Waals surface area contributed by atoms with Crippen molar-refractivity contribution in [3.63, 3.8) is 0 Å². The van der Waals surface area contributed by atoms with Crippen LogP contribution in [-0.4, -0.2) is 24.2 Å². The highest BCUT2D eigenvalue weighted by Crippen LogP contribution is 1.97. The van der Waals surface area contributed by atoms with Gasteiger partial charge < -0.3 is 11.1 Å². The van der Waals surface area contributed by atoms with Gasteiger partial charge in [-0.15, -0.1) is 0 Å². The minimum Gasteiger partial charge on any atom is -0.394 e. The highest BCUT2D eigenvalue weighted by Gasteiger charge is 2.03. The van der Waals surface area contributed by atoms with Crippen LogP contribution in [0.15, 0.2) is 53.1 Å². The van der Waals surface area contributed by atoms with Crippen molar-refractivity contribution in [3.8, 4) is 0 Å². The number of nitrogens with two attached hydrogens (primary N) is 1. The standard InChI is InChI=1S/C14H18N4O/c1-11(16-2)3-4-13(15)14(19)18-10-7-12-5-8-17-9-6-12/h3-6,8-9H,2,7,10,15H2,1H3,(H,18,19)/b11-3-,13-4-. The van der Waals surface area contributed by atoms with Crippen molar-refractivity contribution in [1.82, 2.24) is 10.3 Å². The van der Waals surface area contributed by atoms with Gasteiger partial charge in [0.2, 0.25) is 0 Å². The van der Waals surface area contributed by atoms with E-state index in [1.54, 1.807) is 25.4 Å². The van der Waals surface area contributed by atoms with E-state index in [1.165, 1.54) is 6.08 Å². The van der Waals surface area contributed by atoms with Gasteiger partial charge in [0, 0.05) is 24.6 Å². The fourth-order valence-electron chi connectivity index (χ4n) is 1.31. The number of hydrogen-bond acceptors (Lipinski definition) is 4. The van der Waals surface area contributed by atoms with Gasteiger partial charge in [-0.25, -0.2) is 0 Å². The minimum atomic E-state index is -0.290. The minimum absolute atomic E-state index is 0.151. The van der Waals surface area contributed by atoms with E-state index in [4.69, 9.17) is 5.73 Å². The van der Waals surface area contributed by atoms with E-state index in [9.17, 15) is 4.79 Å². The number of aliphatic imine (C=N–C) groups is 1. The third-order valence-electron chi connectivity index (χ3n) is 2.46. The van der Waals surface area contributed by atoms with Crippen LogP contribution in [0.1, 0.15) is 12.5 Å². The molecule has 0 atom stereocenters. The first-order valence-corrected chi connectivity index (χ1v) is 5.91. The maximum atomic E-state index is 11.6. The zero-order valence-electron chi connectivity index (χ0n) is 11.0. The summed E-state index contributed by atoms with van der Waals surface area (Å²) in [6, 6.07) is 3.82. The van der Waals surface area contributed by atoms with Crippen molar-refractivity contribution in [1.29, 1.82) is 0 Å². The van der Waals surface area contributed by atoms with E-state index in [2.05, 4.69) is 22.0 Å². The Morgan fingerprint density at radius 1 is 1.47 bits per heavy atom. The summed E-state index contributed by atoms with van der Waals surface area (Å²) in [6.07, 6.45) is 7.35. The predicted octanol–water partition coefficient (Wildman–Crippen LogP) is 1.19. The first-order chi connectivity index (χ1) is 9.13. The number of nitrogens with zero attached hydrogens (tertiary/aromatic N) is 2. The number of nitrogens with one attached hydrogen (secondary N) is 1. The molecular formula is C14H18N4O. The SMILES string of the molecule is C=N/C(C)=C\C=C(/N)C(=O)NCCc1ccncc1. The predicted molar refractivity (Wildman–Crippen MR) is 76.5 cm³/mol. The molecule has 0 saturated heterocycles. The lowest BCUT2D eigenvalue weighted by Gasteiger charge is -2.04. The van der Waals surface area contributed by atoms with Crippen LogP contribution in [0, 0.1) is 0 Å². The molecule has 19 heavy (non-hydrogen) atoms. The second kappa shape index (κ2) is 7.81. The maximum Gasteiger partial charge on any atom is 0.267 e. The molecule has 1 heterocycles. The third kappa shape index (κ3) is 5.63. The van der Waals surface area contributed by atoms with Crippen molar-refractivity contribution < 1.29 is 4.79 Å². The average Bonchev–Trinajstić information content (AvgIpc) is 2.45. The van der Waals surface area contributed by atoms with E-state index in [0.29, 0.717) is 12.2 Å². The Morgan fingerprint density at radius 3 is 2.79 bits per heavy atom. The number of allylic oxidation sites excluding steroid dienone is 3. The van der Waals surface area contributed by atoms with Crippen LogP contribution in [0.25, 0.3) is 0 Å². The van der Waals surface area contributed by atoms with Gasteiger partial charge in [-0.05, 0) is 49.9 Å². The second-order valence-corrected chi connectivity index (χ2v) is 3.95. The quantitative estimate of drug-likeness (QED) is 0.457. The number of amides is 1. The molecule has 0 spiro atoms. The summed E-state index contributed by atoms with van der Waals surface area (Å²) in [5.74, 6) is -0.290. The molecule has 0 bridgehead atoms. The van der Waals surface area contributed by atoms with Crippen LogP contribution in [-0.2, 0) is 11.2 Å². The van der Waals surface area contributed by atoms with Gasteiger partial charge >= 0.3 is 0 Å². The second-order valence-electron chi connectivity index (χ2n) is 3.95. The molecular weight excluding hydrogens is 240 g/mol. The molecule has 0 aromatic carbocycles. The lowest BCUT2D eigenvalue weighted by Crippen LogP contribution is -2.30. The van der Waals surface area contributed by atoms with Crippen molar-refractivity contribution >= 4 is 12.6 Å². The molecule has 0 radical (unpaired) electrons. The van der Waals surface area contributed by atoms with Gasteiger partial charge in [0.25, 0.3) is 5.91 Å². The monoisotopic (exact) mass is 258 g/mol. The number of carbonyl (C=O) groups is 1. The van der Waals surface area contributed by atoms with Gasteiger partial charge in [-0.1, -0.05) is 0 Å². The van der Waals surface area contributed by atoms with E-state index in [1.807, 2.05) is 12.1 Å². The molecule has 5 nitrogen and oxygen atoms in total. The summed E-state index contributed by atoms with van der Waals surface area (Å²) in [7, 11) is 0. The van der Waals surface area contributed by atoms with Crippen LogP contribution < -0.4 is 11.1 Å². The zero-order valence-corrected chi connectivity index (χ0v) is 11.0. The van der Waals surface area contributed by atoms with Crippen LogP contribution in [0.3, 0.4) is 0 Å². The maximum absolute atomic E-state index is 11.6. The Balaban J connectivity index is 2.41. The van der Waals surface area contributed by atoms with Crippen molar-refractivity contribution in [2.75, 3.05) is 6.54 Å². The van der Waals surface area contributed by atoms with E-state index < -0.39 is 0 Å². The molecule has 0 aliphatic heterocycles. The van der Waals surface area contributed by atoms with Crippen molar-refractivity contribution in [2.45, 2.75) is 13.3 Å². The van der Waals surface area contributed by atoms with Gasteiger partial charge in [0.15, 0.2) is 0 Å². The summed E-state index contributed by atoms with van der Waals surface area (Å²) in [5.41, 5.74) is 7.60. The Bertz CT molecular complexity index is 491. The average molecular weight is 258 g/mol.